The first-order valence-electron chi connectivity index (χ1n) is 7.38. The molecule has 1 unspecified atom stereocenters. The molecule has 0 aliphatic carbocycles. The van der Waals surface area contributed by atoms with Crippen LogP contribution in [0.3, 0.4) is 0 Å². The van der Waals surface area contributed by atoms with Gasteiger partial charge in [-0.1, -0.05) is 18.3 Å². The number of carbonyl (C=O) groups is 1. The van der Waals surface area contributed by atoms with Crippen LogP contribution in [0, 0.1) is 5.82 Å². The van der Waals surface area contributed by atoms with Crippen LogP contribution < -0.4 is 10.8 Å². The Labute approximate surface area is 144 Å². The summed E-state index contributed by atoms with van der Waals surface area (Å²) in [5.41, 5.74) is 5.06. The van der Waals surface area contributed by atoms with Gasteiger partial charge in [0.05, 0.1) is 16.4 Å². The van der Waals surface area contributed by atoms with Gasteiger partial charge in [0.15, 0.2) is 6.29 Å². The zero-order valence-corrected chi connectivity index (χ0v) is 13.8. The molecular weight excluding hydrogens is 329 g/mol. The summed E-state index contributed by atoms with van der Waals surface area (Å²) in [5.74, 6) is -0.389. The van der Waals surface area contributed by atoms with Gasteiger partial charge in [0.1, 0.15) is 11.9 Å². The number of hydrogen-bond donors (Lipinski definition) is 2. The third kappa shape index (κ3) is 3.52. The number of aldehydes is 1. The Morgan fingerprint density at radius 1 is 1.50 bits per heavy atom. The number of carbonyl (C=O) groups excluding carboxylic acids is 1. The fourth-order valence-corrected chi connectivity index (χ4v) is 2.49. The lowest BCUT2D eigenvalue weighted by Crippen LogP contribution is -2.29. The predicted octanol–water partition coefficient (Wildman–Crippen LogP) is 2.61. The largest absolute Gasteiger partial charge is 0.377 e. The first kappa shape index (κ1) is 16.4. The second kappa shape index (κ2) is 6.94. The highest BCUT2D eigenvalue weighted by Gasteiger charge is 2.18. The average molecular weight is 345 g/mol. The molecule has 0 bridgehead atoms. The van der Waals surface area contributed by atoms with Crippen LogP contribution in [0.15, 0.2) is 42.7 Å². The quantitative estimate of drug-likeness (QED) is 0.644. The Bertz CT molecular complexity index is 816. The topological polar surface area (TPSA) is 55.3 Å². The summed E-state index contributed by atoms with van der Waals surface area (Å²) in [4.78, 5) is 16.8. The number of hydrogen-bond acceptors (Lipinski definition) is 4. The van der Waals surface area contributed by atoms with E-state index in [1.165, 1.54) is 6.07 Å². The van der Waals surface area contributed by atoms with Crippen molar-refractivity contribution in [2.45, 2.75) is 13.0 Å². The summed E-state index contributed by atoms with van der Waals surface area (Å²) in [6.07, 6.45) is 5.65. The molecule has 1 atom stereocenters. The zero-order chi connectivity index (χ0) is 17.1. The average Bonchev–Trinajstić information content (AvgIpc) is 3.22. The number of thiocarbonyl (C=S) groups is 1. The Morgan fingerprint density at radius 3 is 3.00 bits per heavy atom. The monoisotopic (exact) mass is 345 g/mol. The number of benzene rings is 1. The Hall–Kier alpha value is -2.51. The lowest BCUT2D eigenvalue weighted by Gasteiger charge is -2.09. The fraction of sp³-hybridized carbons (Fsp3) is 0.176. The van der Waals surface area contributed by atoms with Gasteiger partial charge in [0.25, 0.3) is 0 Å². The van der Waals surface area contributed by atoms with Crippen molar-refractivity contribution in [3.63, 3.8) is 0 Å². The lowest BCUT2D eigenvalue weighted by molar-refractivity contribution is 0.0543. The highest BCUT2D eigenvalue weighted by molar-refractivity contribution is 7.80. The van der Waals surface area contributed by atoms with Gasteiger partial charge >= 0.3 is 0 Å². The van der Waals surface area contributed by atoms with E-state index in [-0.39, 0.29) is 11.9 Å². The van der Waals surface area contributed by atoms with Crippen LogP contribution in [-0.4, -0.2) is 28.5 Å². The van der Waals surface area contributed by atoms with Crippen molar-refractivity contribution < 1.29 is 14.0 Å². The van der Waals surface area contributed by atoms with Crippen molar-refractivity contribution in [2.75, 3.05) is 6.54 Å². The Balaban J connectivity index is 1.78. The normalized spacial score (nSPS) is 16.4. The molecule has 1 aliphatic heterocycles. The van der Waals surface area contributed by atoms with Gasteiger partial charge in [0, 0.05) is 30.1 Å². The molecule has 2 heterocycles. The third-order valence-electron chi connectivity index (χ3n) is 3.61. The zero-order valence-electron chi connectivity index (χ0n) is 13.0. The maximum absolute atomic E-state index is 14.4. The third-order valence-corrected chi connectivity index (χ3v) is 3.76. The van der Waals surface area contributed by atoms with Crippen LogP contribution in [0.2, 0.25) is 0 Å². The van der Waals surface area contributed by atoms with E-state index >= 15 is 0 Å². The van der Waals surface area contributed by atoms with Gasteiger partial charge in [-0.15, -0.1) is 0 Å². The number of hydroxylamine groups is 1. The molecule has 0 fully saturated rings. The minimum Gasteiger partial charge on any atom is -0.377 e. The molecule has 0 amide bonds. The van der Waals surface area contributed by atoms with Crippen molar-refractivity contribution in [2.24, 2.45) is 0 Å². The highest BCUT2D eigenvalue weighted by Crippen LogP contribution is 2.23. The van der Waals surface area contributed by atoms with Crippen LogP contribution in [0.4, 0.5) is 4.39 Å². The molecule has 1 aliphatic rings. The second-order valence-electron chi connectivity index (χ2n) is 5.41. The van der Waals surface area contributed by atoms with E-state index in [0.717, 1.165) is 6.29 Å². The number of nitrogens with zero attached hydrogens (tertiary/aromatic N) is 1. The highest BCUT2D eigenvalue weighted by atomic mass is 32.1. The van der Waals surface area contributed by atoms with Crippen LogP contribution in [0.5, 0.6) is 0 Å². The molecule has 1 aromatic heterocycles. The standard InChI is InChI=1S/C17H16FN3O2S/c1-11(24)19-8-14-7-16(20-23-14)13-2-3-17(15(18)6-13)21-5-4-12(9-21)10-22/h2-7,9-10,14,20H,8H2,1H3,(H,19,24). The molecule has 5 nitrogen and oxygen atoms in total. The molecule has 3 rings (SSSR count). The Kier molecular flexibility index (Phi) is 4.73. The van der Waals surface area contributed by atoms with E-state index in [4.69, 9.17) is 17.1 Å². The number of aromatic nitrogens is 1. The fourth-order valence-electron chi connectivity index (χ4n) is 2.41. The molecule has 0 saturated heterocycles. The van der Waals surface area contributed by atoms with E-state index in [1.807, 2.05) is 6.08 Å². The Morgan fingerprint density at radius 2 is 2.33 bits per heavy atom. The summed E-state index contributed by atoms with van der Waals surface area (Å²) in [6, 6.07) is 6.51. The van der Waals surface area contributed by atoms with Crippen molar-refractivity contribution in [3.05, 3.63) is 59.7 Å². The van der Waals surface area contributed by atoms with Crippen molar-refractivity contribution in [1.29, 1.82) is 0 Å². The van der Waals surface area contributed by atoms with Crippen molar-refractivity contribution in [3.8, 4) is 5.69 Å². The summed E-state index contributed by atoms with van der Waals surface area (Å²) in [7, 11) is 0. The van der Waals surface area contributed by atoms with Crippen LogP contribution in [0.25, 0.3) is 11.4 Å². The molecule has 0 saturated carbocycles. The van der Waals surface area contributed by atoms with Gasteiger partial charge in [-0.3, -0.25) is 15.1 Å². The maximum Gasteiger partial charge on any atom is 0.151 e. The summed E-state index contributed by atoms with van der Waals surface area (Å²) < 4.78 is 16.0. The van der Waals surface area contributed by atoms with Crippen molar-refractivity contribution >= 4 is 29.2 Å². The summed E-state index contributed by atoms with van der Waals surface area (Å²) in [5, 5.41) is 3.03. The van der Waals surface area contributed by atoms with E-state index < -0.39 is 0 Å². The minimum absolute atomic E-state index is 0.180. The van der Waals surface area contributed by atoms with Crippen molar-refractivity contribution in [1.82, 2.24) is 15.4 Å². The first-order chi connectivity index (χ1) is 11.6. The van der Waals surface area contributed by atoms with Gasteiger partial charge in [0.2, 0.25) is 0 Å². The van der Waals surface area contributed by atoms with Gasteiger partial charge < -0.3 is 9.88 Å². The first-order valence-corrected chi connectivity index (χ1v) is 7.79. The number of halogens is 1. The summed E-state index contributed by atoms with van der Waals surface area (Å²) >= 11 is 4.96. The second-order valence-corrected chi connectivity index (χ2v) is 6.02. The van der Waals surface area contributed by atoms with E-state index in [2.05, 4.69) is 10.8 Å². The van der Waals surface area contributed by atoms with E-state index in [9.17, 15) is 9.18 Å². The van der Waals surface area contributed by atoms with Crippen LogP contribution >= 0.6 is 12.2 Å². The molecule has 124 valence electrons. The van der Waals surface area contributed by atoms with Gasteiger partial charge in [-0.25, -0.2) is 4.39 Å². The molecular formula is C17H16FN3O2S. The van der Waals surface area contributed by atoms with E-state index in [1.54, 1.807) is 42.1 Å². The molecule has 7 heteroatoms. The smallest absolute Gasteiger partial charge is 0.151 e. The molecule has 0 spiro atoms. The SMILES string of the molecule is CC(=S)NCC1C=C(c2ccc(-n3ccc(C=O)c3)c(F)c2)NO1. The molecule has 2 N–H and O–H groups in total. The molecule has 1 aromatic carbocycles. The molecule has 24 heavy (non-hydrogen) atoms. The number of rotatable bonds is 5. The van der Waals surface area contributed by atoms with Crippen LogP contribution in [-0.2, 0) is 4.84 Å². The van der Waals surface area contributed by atoms with Gasteiger partial charge in [-0.05, 0) is 31.2 Å². The van der Waals surface area contributed by atoms with Gasteiger partial charge in [-0.2, -0.15) is 0 Å². The lowest BCUT2D eigenvalue weighted by atomic mass is 10.1. The predicted molar refractivity (Wildman–Crippen MR) is 93.4 cm³/mol. The maximum atomic E-state index is 14.4. The molecule has 2 aromatic rings. The summed E-state index contributed by atoms with van der Waals surface area (Å²) in [6.45, 7) is 2.35. The van der Waals surface area contributed by atoms with Crippen LogP contribution in [0.1, 0.15) is 22.8 Å². The van der Waals surface area contributed by atoms with E-state index in [0.29, 0.717) is 34.0 Å². The molecule has 0 radical (unpaired) electrons. The number of nitrogens with one attached hydrogen (secondary N) is 2. The minimum atomic E-state index is -0.389.